The van der Waals surface area contributed by atoms with E-state index in [0.717, 1.165) is 15.6 Å². The van der Waals surface area contributed by atoms with Gasteiger partial charge in [0.1, 0.15) is 11.4 Å². The minimum atomic E-state index is -3.98. The first kappa shape index (κ1) is 16.7. The lowest BCUT2D eigenvalue weighted by Gasteiger charge is -2.08. The molecule has 1 aromatic heterocycles. The lowest BCUT2D eigenvalue weighted by Crippen LogP contribution is -2.11. The lowest BCUT2D eigenvalue weighted by molar-refractivity contribution is 0.390. The number of hydrogen-bond acceptors (Lipinski definition) is 5. The van der Waals surface area contributed by atoms with Gasteiger partial charge in [0.25, 0.3) is 0 Å². The van der Waals surface area contributed by atoms with Crippen LogP contribution in [-0.4, -0.2) is 13.6 Å². The van der Waals surface area contributed by atoms with Gasteiger partial charge < -0.3 is 8.71 Å². The molecule has 124 valence electrons. The second-order valence-electron chi connectivity index (χ2n) is 5.22. The number of nitrogens with zero attached hydrogens (tertiary/aromatic N) is 1. The summed E-state index contributed by atoms with van der Waals surface area (Å²) >= 11 is 3.39. The topological polar surface area (TPSA) is 69.4 Å². The van der Waals surface area contributed by atoms with Crippen molar-refractivity contribution in [3.8, 4) is 16.9 Å². The van der Waals surface area contributed by atoms with E-state index in [-0.39, 0.29) is 22.1 Å². The van der Waals surface area contributed by atoms with E-state index in [2.05, 4.69) is 21.1 Å². The van der Waals surface area contributed by atoms with Crippen molar-refractivity contribution < 1.29 is 17.1 Å². The third-order valence-electron chi connectivity index (χ3n) is 3.46. The molecule has 0 saturated carbocycles. The van der Waals surface area contributed by atoms with E-state index in [0.29, 0.717) is 0 Å². The van der Waals surface area contributed by atoms with Gasteiger partial charge in [-0.1, -0.05) is 45.4 Å². The fourth-order valence-corrected chi connectivity index (χ4v) is 3.85. The Morgan fingerprint density at radius 2 is 1.50 bits per heavy atom. The zero-order chi connectivity index (χ0) is 17.3. The molecule has 0 bridgehead atoms. The van der Waals surface area contributed by atoms with Crippen molar-refractivity contribution in [2.75, 3.05) is 0 Å². The molecule has 0 fully saturated rings. The summed E-state index contributed by atoms with van der Waals surface area (Å²) in [4.78, 5) is -0.0283. The highest BCUT2D eigenvalue weighted by Gasteiger charge is 2.26. The largest absolute Gasteiger partial charge is 0.379 e. The zero-order valence-corrected chi connectivity index (χ0v) is 15.4. The first-order valence-corrected chi connectivity index (χ1v) is 9.30. The SMILES string of the molecule is Cc1noc(C)c1S(=O)(=O)Oc1ccc(-c2ccc(Br)cc2)cc1. The van der Waals surface area contributed by atoms with Gasteiger partial charge in [0.2, 0.25) is 0 Å². The number of aromatic nitrogens is 1. The normalized spacial score (nSPS) is 11.5. The van der Waals surface area contributed by atoms with Crippen LogP contribution in [-0.2, 0) is 10.1 Å². The van der Waals surface area contributed by atoms with Gasteiger partial charge in [-0.05, 0) is 49.2 Å². The van der Waals surface area contributed by atoms with Crippen LogP contribution in [0.3, 0.4) is 0 Å². The van der Waals surface area contributed by atoms with Crippen LogP contribution in [0.15, 0.2) is 62.4 Å². The molecule has 0 spiro atoms. The van der Waals surface area contributed by atoms with E-state index in [4.69, 9.17) is 8.71 Å². The van der Waals surface area contributed by atoms with E-state index >= 15 is 0 Å². The molecule has 0 aliphatic carbocycles. The zero-order valence-electron chi connectivity index (χ0n) is 13.0. The van der Waals surface area contributed by atoms with Crippen molar-refractivity contribution in [2.24, 2.45) is 0 Å². The van der Waals surface area contributed by atoms with E-state index in [1.165, 1.54) is 6.92 Å². The van der Waals surface area contributed by atoms with Crippen LogP contribution in [0.1, 0.15) is 11.5 Å². The quantitative estimate of drug-likeness (QED) is 0.595. The second kappa shape index (κ2) is 6.41. The molecule has 0 unspecified atom stereocenters. The Kier molecular flexibility index (Phi) is 4.47. The maximum atomic E-state index is 12.4. The molecule has 2 aromatic carbocycles. The average molecular weight is 408 g/mol. The highest BCUT2D eigenvalue weighted by atomic mass is 79.9. The van der Waals surface area contributed by atoms with Gasteiger partial charge in [0.15, 0.2) is 10.7 Å². The fourth-order valence-electron chi connectivity index (χ4n) is 2.35. The van der Waals surface area contributed by atoms with Crippen molar-refractivity contribution in [2.45, 2.75) is 18.7 Å². The molecule has 0 atom stereocenters. The van der Waals surface area contributed by atoms with Gasteiger partial charge in [0, 0.05) is 4.47 Å². The summed E-state index contributed by atoms with van der Waals surface area (Å²) in [6.45, 7) is 3.09. The van der Waals surface area contributed by atoms with Crippen molar-refractivity contribution in [3.63, 3.8) is 0 Å². The summed E-state index contributed by atoms with van der Waals surface area (Å²) < 4.78 is 35.8. The third-order valence-corrected chi connectivity index (χ3v) is 5.48. The summed E-state index contributed by atoms with van der Waals surface area (Å²) in [6, 6.07) is 14.7. The minimum Gasteiger partial charge on any atom is -0.379 e. The van der Waals surface area contributed by atoms with Crippen LogP contribution in [0.2, 0.25) is 0 Å². The standard InChI is InChI=1S/C17H14BrNO4S/c1-11-17(12(2)22-19-11)24(20,21)23-16-9-5-14(6-10-16)13-3-7-15(18)8-4-13/h3-10H,1-2H3. The van der Waals surface area contributed by atoms with Gasteiger partial charge in [-0.3, -0.25) is 0 Å². The maximum absolute atomic E-state index is 12.4. The maximum Gasteiger partial charge on any atom is 0.344 e. The van der Waals surface area contributed by atoms with Crippen LogP contribution in [0.5, 0.6) is 5.75 Å². The van der Waals surface area contributed by atoms with Gasteiger partial charge in [-0.2, -0.15) is 8.42 Å². The van der Waals surface area contributed by atoms with Crippen molar-refractivity contribution in [1.29, 1.82) is 0 Å². The smallest absolute Gasteiger partial charge is 0.344 e. The molecule has 3 aromatic rings. The number of aryl methyl sites for hydroxylation is 2. The van der Waals surface area contributed by atoms with Gasteiger partial charge in [0.05, 0.1) is 0 Å². The number of hydrogen-bond donors (Lipinski definition) is 0. The van der Waals surface area contributed by atoms with Crippen molar-refractivity contribution in [3.05, 3.63) is 64.5 Å². The lowest BCUT2D eigenvalue weighted by atomic mass is 10.1. The molecule has 0 aliphatic rings. The summed E-state index contributed by atoms with van der Waals surface area (Å²) in [5.41, 5.74) is 2.27. The minimum absolute atomic E-state index is 0.0283. The molecule has 0 radical (unpaired) electrons. The summed E-state index contributed by atoms with van der Waals surface area (Å²) in [7, 11) is -3.98. The number of benzene rings is 2. The Hall–Kier alpha value is -2.12. The predicted molar refractivity (Wildman–Crippen MR) is 93.4 cm³/mol. The molecule has 3 rings (SSSR count). The third kappa shape index (κ3) is 3.37. The molecule has 0 amide bonds. The first-order chi connectivity index (χ1) is 11.4. The Bertz CT molecular complexity index is 941. The first-order valence-electron chi connectivity index (χ1n) is 7.10. The van der Waals surface area contributed by atoms with Gasteiger partial charge >= 0.3 is 10.1 Å². The predicted octanol–water partition coefficient (Wildman–Crippen LogP) is 4.49. The van der Waals surface area contributed by atoms with Gasteiger partial charge in [-0.25, -0.2) is 0 Å². The summed E-state index contributed by atoms with van der Waals surface area (Å²) in [6.07, 6.45) is 0. The highest BCUT2D eigenvalue weighted by molar-refractivity contribution is 9.10. The average Bonchev–Trinajstić information content (AvgIpc) is 2.88. The Balaban J connectivity index is 1.85. The number of halogens is 1. The summed E-state index contributed by atoms with van der Waals surface area (Å²) in [5, 5.41) is 3.65. The van der Waals surface area contributed by atoms with Crippen molar-refractivity contribution in [1.82, 2.24) is 5.16 Å². The van der Waals surface area contributed by atoms with Crippen LogP contribution in [0, 0.1) is 13.8 Å². The monoisotopic (exact) mass is 407 g/mol. The molecule has 1 heterocycles. The molecular weight excluding hydrogens is 394 g/mol. The molecule has 0 N–H and O–H groups in total. The Morgan fingerprint density at radius 1 is 0.958 bits per heavy atom. The van der Waals surface area contributed by atoms with Crippen LogP contribution >= 0.6 is 15.9 Å². The van der Waals surface area contributed by atoms with Gasteiger partial charge in [-0.15, -0.1) is 0 Å². The van der Waals surface area contributed by atoms with E-state index in [9.17, 15) is 8.42 Å². The Morgan fingerprint density at radius 3 is 2.00 bits per heavy atom. The second-order valence-corrected chi connectivity index (χ2v) is 7.62. The fraction of sp³-hybridized carbons (Fsp3) is 0.118. The van der Waals surface area contributed by atoms with Crippen molar-refractivity contribution >= 4 is 26.0 Å². The molecule has 0 saturated heterocycles. The van der Waals surface area contributed by atoms with Crippen LogP contribution in [0.25, 0.3) is 11.1 Å². The highest BCUT2D eigenvalue weighted by Crippen LogP contribution is 2.27. The van der Waals surface area contributed by atoms with Crippen LogP contribution < -0.4 is 4.18 Å². The van der Waals surface area contributed by atoms with E-state index < -0.39 is 10.1 Å². The van der Waals surface area contributed by atoms with Crippen LogP contribution in [0.4, 0.5) is 0 Å². The molecule has 24 heavy (non-hydrogen) atoms. The summed E-state index contributed by atoms with van der Waals surface area (Å²) in [5.74, 6) is 0.440. The molecule has 7 heteroatoms. The van der Waals surface area contributed by atoms with E-state index in [1.54, 1.807) is 31.2 Å². The molecule has 5 nitrogen and oxygen atoms in total. The molecular formula is C17H14BrNO4S. The Labute approximate surface area is 148 Å². The molecule has 0 aliphatic heterocycles. The number of rotatable bonds is 4. The van der Waals surface area contributed by atoms with E-state index in [1.807, 2.05) is 24.3 Å².